The molecule has 0 radical (unpaired) electrons. The van der Waals surface area contributed by atoms with Gasteiger partial charge in [0.2, 0.25) is 0 Å². The highest BCUT2D eigenvalue weighted by Crippen LogP contribution is 2.73. The molecule has 1 saturated heterocycles. The number of aromatic amines is 1. The van der Waals surface area contributed by atoms with Crippen LogP contribution in [0.15, 0.2) is 41.5 Å². The van der Waals surface area contributed by atoms with Crippen molar-refractivity contribution in [1.29, 1.82) is 0 Å². The lowest BCUT2D eigenvalue weighted by Crippen LogP contribution is -2.30. The van der Waals surface area contributed by atoms with Gasteiger partial charge >= 0.3 is 0 Å². The number of carbonyl (C=O) groups is 2. The molecule has 6 rings (SSSR count). The van der Waals surface area contributed by atoms with Gasteiger partial charge < -0.3 is 4.98 Å². The molecule has 2 amide bonds. The number of fused-ring (bicyclic) bond motifs is 4. The van der Waals surface area contributed by atoms with Crippen LogP contribution in [0.1, 0.15) is 24.1 Å². The first kappa shape index (κ1) is 14.5. The summed E-state index contributed by atoms with van der Waals surface area (Å²) in [6.07, 6.45) is 8.33. The Morgan fingerprint density at radius 1 is 1.12 bits per heavy atom. The Morgan fingerprint density at radius 2 is 1.77 bits per heavy atom. The number of para-hydroxylation sites is 1. The maximum Gasteiger partial charge on any atom is 0.254 e. The normalized spacial score (nSPS) is 33.3. The summed E-state index contributed by atoms with van der Waals surface area (Å²) < 4.78 is 0. The van der Waals surface area contributed by atoms with Crippen molar-refractivity contribution in [3.05, 3.63) is 47.7 Å². The number of rotatable bonds is 2. The smallest absolute Gasteiger partial charge is 0.254 e. The number of imide groups is 1. The molecule has 2 bridgehead atoms. The second-order valence-corrected chi connectivity index (χ2v) is 8.16. The highest BCUT2D eigenvalue weighted by molar-refractivity contribution is 6.08. The molecule has 5 heteroatoms. The fourth-order valence-corrected chi connectivity index (χ4v) is 5.76. The molecule has 4 aliphatic rings. The molecule has 1 spiro atoms. The summed E-state index contributed by atoms with van der Waals surface area (Å²) in [5.74, 6) is -0.135. The van der Waals surface area contributed by atoms with E-state index in [-0.39, 0.29) is 40.9 Å². The molecule has 1 aromatic heterocycles. The third-order valence-corrected chi connectivity index (χ3v) is 7.08. The molecule has 0 unspecified atom stereocenters. The lowest BCUT2D eigenvalue weighted by atomic mass is 9.85. The second-order valence-electron chi connectivity index (χ2n) is 8.16. The number of carbonyl (C=O) groups excluding carboxylic acids is 2. The van der Waals surface area contributed by atoms with E-state index in [2.05, 4.69) is 22.2 Å². The SMILES string of the molecule is Cc1[nH]c2ccccc2c1/C=N\N1C(=O)[C@@H]2[C@H](C1=O)[C@@H]1C=C[C@@H]2C12CC2. The molecule has 2 heterocycles. The van der Waals surface area contributed by atoms with Crippen molar-refractivity contribution >= 4 is 28.9 Å². The van der Waals surface area contributed by atoms with E-state index in [1.165, 1.54) is 0 Å². The summed E-state index contributed by atoms with van der Waals surface area (Å²) >= 11 is 0. The molecule has 130 valence electrons. The third-order valence-electron chi connectivity index (χ3n) is 7.08. The van der Waals surface area contributed by atoms with Crippen molar-refractivity contribution in [3.63, 3.8) is 0 Å². The molecule has 1 aliphatic heterocycles. The standard InChI is InChI=1S/C21H19N3O2/c1-11-13(12-4-2-3-5-16(12)23-11)10-22-24-19(25)17-14-6-7-15(18(17)20(24)26)21(14)8-9-21/h2-7,10,14-15,17-18,23H,8-9H2,1H3/b22-10-/t14-,15-,17-,18+/m0/s1. The number of hydrazone groups is 1. The Kier molecular flexibility index (Phi) is 2.52. The molecule has 1 N–H and O–H groups in total. The Bertz CT molecular complexity index is 1010. The number of aromatic nitrogens is 1. The number of H-pyrrole nitrogens is 1. The third kappa shape index (κ3) is 1.55. The number of aryl methyl sites for hydroxylation is 1. The molecule has 3 fully saturated rings. The molecule has 5 nitrogen and oxygen atoms in total. The Morgan fingerprint density at radius 3 is 2.42 bits per heavy atom. The maximum atomic E-state index is 13.0. The molecule has 26 heavy (non-hydrogen) atoms. The zero-order chi connectivity index (χ0) is 17.6. The lowest BCUT2D eigenvalue weighted by Gasteiger charge is -2.18. The van der Waals surface area contributed by atoms with E-state index in [4.69, 9.17) is 0 Å². The molecular weight excluding hydrogens is 326 g/mol. The summed E-state index contributed by atoms with van der Waals surface area (Å²) in [6.45, 7) is 1.98. The van der Waals surface area contributed by atoms with Gasteiger partial charge in [0.05, 0.1) is 18.1 Å². The predicted molar refractivity (Wildman–Crippen MR) is 97.2 cm³/mol. The lowest BCUT2D eigenvalue weighted by molar-refractivity contribution is -0.141. The zero-order valence-corrected chi connectivity index (χ0v) is 14.5. The van der Waals surface area contributed by atoms with Crippen molar-refractivity contribution in [2.45, 2.75) is 19.8 Å². The van der Waals surface area contributed by atoms with Crippen LogP contribution in [0, 0.1) is 36.0 Å². The van der Waals surface area contributed by atoms with E-state index in [1.54, 1.807) is 6.21 Å². The Hall–Kier alpha value is -2.69. The van der Waals surface area contributed by atoms with E-state index < -0.39 is 0 Å². The first-order valence-electron chi connectivity index (χ1n) is 9.29. The van der Waals surface area contributed by atoms with Gasteiger partial charge in [-0.2, -0.15) is 10.1 Å². The highest BCUT2D eigenvalue weighted by Gasteiger charge is 2.73. The average Bonchev–Trinajstić information content (AvgIpc) is 3.10. The van der Waals surface area contributed by atoms with Crippen LogP contribution < -0.4 is 0 Å². The van der Waals surface area contributed by atoms with Crippen LogP contribution in [0.2, 0.25) is 0 Å². The van der Waals surface area contributed by atoms with Gasteiger partial charge in [0.15, 0.2) is 0 Å². The molecular formula is C21H19N3O2. The van der Waals surface area contributed by atoms with Gasteiger partial charge in [0.1, 0.15) is 0 Å². The van der Waals surface area contributed by atoms with Crippen LogP contribution >= 0.6 is 0 Å². The van der Waals surface area contributed by atoms with Crippen LogP contribution in [0.3, 0.4) is 0 Å². The minimum atomic E-state index is -0.193. The van der Waals surface area contributed by atoms with Crippen molar-refractivity contribution in [2.75, 3.05) is 0 Å². The fourth-order valence-electron chi connectivity index (χ4n) is 5.76. The maximum absolute atomic E-state index is 13.0. The van der Waals surface area contributed by atoms with Crippen LogP contribution in [-0.2, 0) is 9.59 Å². The largest absolute Gasteiger partial charge is 0.358 e. The first-order valence-corrected chi connectivity index (χ1v) is 9.29. The van der Waals surface area contributed by atoms with E-state index in [0.717, 1.165) is 40.0 Å². The van der Waals surface area contributed by atoms with Crippen LogP contribution in [0.4, 0.5) is 0 Å². The predicted octanol–water partition coefficient (Wildman–Crippen LogP) is 3.01. The molecule has 1 aromatic carbocycles. The number of hydrogen-bond donors (Lipinski definition) is 1. The topological polar surface area (TPSA) is 65.5 Å². The summed E-state index contributed by atoms with van der Waals surface area (Å²) in [5.41, 5.74) is 3.16. The van der Waals surface area contributed by atoms with Crippen LogP contribution in [0.25, 0.3) is 10.9 Å². The van der Waals surface area contributed by atoms with E-state index in [1.807, 2.05) is 31.2 Å². The van der Waals surface area contributed by atoms with Crippen molar-refractivity contribution < 1.29 is 9.59 Å². The average molecular weight is 345 g/mol. The molecule has 4 atom stereocenters. The Labute approximate surface area is 150 Å². The number of amides is 2. The van der Waals surface area contributed by atoms with Crippen molar-refractivity contribution in [3.8, 4) is 0 Å². The quantitative estimate of drug-likeness (QED) is 0.516. The van der Waals surface area contributed by atoms with Gasteiger partial charge in [-0.1, -0.05) is 30.4 Å². The summed E-state index contributed by atoms with van der Waals surface area (Å²) in [6, 6.07) is 7.98. The highest BCUT2D eigenvalue weighted by atomic mass is 16.2. The van der Waals surface area contributed by atoms with Gasteiger partial charge in [-0.15, -0.1) is 0 Å². The van der Waals surface area contributed by atoms with Gasteiger partial charge in [-0.25, -0.2) is 0 Å². The van der Waals surface area contributed by atoms with Crippen LogP contribution in [0.5, 0.6) is 0 Å². The summed E-state index contributed by atoms with van der Waals surface area (Å²) in [5, 5.41) is 6.53. The number of hydrogen-bond acceptors (Lipinski definition) is 3. The number of nitrogens with zero attached hydrogens (tertiary/aromatic N) is 2. The zero-order valence-electron chi connectivity index (χ0n) is 14.5. The minimum Gasteiger partial charge on any atom is -0.358 e. The van der Waals surface area contributed by atoms with Crippen LogP contribution in [-0.4, -0.2) is 28.0 Å². The van der Waals surface area contributed by atoms with E-state index in [9.17, 15) is 9.59 Å². The summed E-state index contributed by atoms with van der Waals surface area (Å²) in [7, 11) is 0. The van der Waals surface area contributed by atoms with Gasteiger partial charge in [-0.05, 0) is 43.1 Å². The monoisotopic (exact) mass is 345 g/mol. The Balaban J connectivity index is 1.36. The van der Waals surface area contributed by atoms with Gasteiger partial charge in [-0.3, -0.25) is 9.59 Å². The number of benzene rings is 1. The second kappa shape index (κ2) is 4.53. The van der Waals surface area contributed by atoms with E-state index >= 15 is 0 Å². The molecule has 3 aliphatic carbocycles. The number of nitrogens with one attached hydrogen (secondary N) is 1. The van der Waals surface area contributed by atoms with Crippen molar-refractivity contribution in [2.24, 2.45) is 34.2 Å². The summed E-state index contributed by atoms with van der Waals surface area (Å²) in [4.78, 5) is 29.2. The van der Waals surface area contributed by atoms with Crippen molar-refractivity contribution in [1.82, 2.24) is 9.99 Å². The van der Waals surface area contributed by atoms with Gasteiger partial charge in [0, 0.05) is 22.2 Å². The molecule has 2 saturated carbocycles. The number of allylic oxidation sites excluding steroid dienone is 2. The molecule has 2 aromatic rings. The fraction of sp³-hybridized carbons (Fsp3) is 0.381. The van der Waals surface area contributed by atoms with Gasteiger partial charge in [0.25, 0.3) is 11.8 Å². The van der Waals surface area contributed by atoms with E-state index in [0.29, 0.717) is 0 Å². The minimum absolute atomic E-state index is 0.114. The first-order chi connectivity index (χ1) is 12.6.